The maximum absolute atomic E-state index is 10.7. The number of hydrogen-bond acceptors (Lipinski definition) is 6. The summed E-state index contributed by atoms with van der Waals surface area (Å²) in [7, 11) is 6.76. The van der Waals surface area contributed by atoms with Gasteiger partial charge in [-0.3, -0.25) is 9.36 Å². The van der Waals surface area contributed by atoms with E-state index in [4.69, 9.17) is 9.47 Å². The van der Waals surface area contributed by atoms with Crippen molar-refractivity contribution in [2.75, 3.05) is 40.2 Å². The van der Waals surface area contributed by atoms with Gasteiger partial charge in [-0.2, -0.15) is 0 Å². The molecule has 0 bridgehead atoms. The van der Waals surface area contributed by atoms with Crippen molar-refractivity contribution in [3.8, 4) is 17.2 Å². The molecule has 2 aromatic rings. The van der Waals surface area contributed by atoms with Crippen molar-refractivity contribution in [1.82, 2.24) is 19.7 Å². The van der Waals surface area contributed by atoms with Gasteiger partial charge in [0.2, 0.25) is 12.4 Å². The molecule has 1 aromatic carbocycles. The maximum atomic E-state index is 10.7. The van der Waals surface area contributed by atoms with Crippen LogP contribution in [0.4, 0.5) is 5.95 Å². The molecule has 2 rings (SSSR count). The molecule has 0 radical (unpaired) electrons. The monoisotopic (exact) mass is 333 g/mol. The van der Waals surface area contributed by atoms with E-state index in [1.54, 1.807) is 33.2 Å². The van der Waals surface area contributed by atoms with Gasteiger partial charge in [0.25, 0.3) is 0 Å². The van der Waals surface area contributed by atoms with Crippen LogP contribution in [0.5, 0.6) is 11.5 Å². The van der Waals surface area contributed by atoms with Gasteiger partial charge >= 0.3 is 0 Å². The first kappa shape index (κ1) is 17.6. The Morgan fingerprint density at radius 3 is 2.46 bits per heavy atom. The Balaban J connectivity index is 2.42. The molecule has 0 unspecified atom stereocenters. The highest BCUT2D eigenvalue weighted by Crippen LogP contribution is 2.35. The Bertz CT molecular complexity index is 664. The molecule has 0 aliphatic rings. The van der Waals surface area contributed by atoms with Crippen molar-refractivity contribution in [1.29, 1.82) is 0 Å². The van der Waals surface area contributed by atoms with E-state index in [1.165, 1.54) is 0 Å². The van der Waals surface area contributed by atoms with Crippen molar-refractivity contribution in [2.45, 2.75) is 12.8 Å². The van der Waals surface area contributed by atoms with Crippen LogP contribution in [0, 0.1) is 0 Å². The zero-order valence-electron chi connectivity index (χ0n) is 14.4. The molecule has 8 heteroatoms. The SMILES string of the molecule is CNc1nnc(CCCN(C)C=O)n1-c1c(OC)cccc1OC. The highest BCUT2D eigenvalue weighted by atomic mass is 16.5. The van der Waals surface area contributed by atoms with Crippen molar-refractivity contribution < 1.29 is 14.3 Å². The molecule has 0 fully saturated rings. The molecule has 0 saturated carbocycles. The fourth-order valence-electron chi connectivity index (χ4n) is 2.47. The fourth-order valence-corrected chi connectivity index (χ4v) is 2.47. The number of methoxy groups -OCH3 is 2. The van der Waals surface area contributed by atoms with Gasteiger partial charge in [0.05, 0.1) is 14.2 Å². The zero-order chi connectivity index (χ0) is 17.5. The Hall–Kier alpha value is -2.77. The normalized spacial score (nSPS) is 10.3. The molecule has 0 atom stereocenters. The summed E-state index contributed by atoms with van der Waals surface area (Å²) in [6.45, 7) is 0.647. The summed E-state index contributed by atoms with van der Waals surface area (Å²) >= 11 is 0. The molecular formula is C16H23N5O3. The first-order valence-electron chi connectivity index (χ1n) is 7.65. The number of para-hydroxylation sites is 1. The molecule has 0 spiro atoms. The van der Waals surface area contributed by atoms with E-state index < -0.39 is 0 Å². The number of carbonyl (C=O) groups excluding carboxylic acids is 1. The molecule has 130 valence electrons. The average molecular weight is 333 g/mol. The van der Waals surface area contributed by atoms with Crippen molar-refractivity contribution in [2.24, 2.45) is 0 Å². The van der Waals surface area contributed by atoms with Crippen LogP contribution in [0.1, 0.15) is 12.2 Å². The molecular weight excluding hydrogens is 310 g/mol. The quantitative estimate of drug-likeness (QED) is 0.698. The number of aromatic nitrogens is 3. The van der Waals surface area contributed by atoms with Crippen LogP contribution in [0.3, 0.4) is 0 Å². The maximum Gasteiger partial charge on any atom is 0.229 e. The number of anilines is 1. The minimum atomic E-state index is 0.594. The van der Waals surface area contributed by atoms with E-state index >= 15 is 0 Å². The van der Waals surface area contributed by atoms with Crippen molar-refractivity contribution >= 4 is 12.4 Å². The van der Waals surface area contributed by atoms with Crippen LogP contribution < -0.4 is 14.8 Å². The second-order valence-corrected chi connectivity index (χ2v) is 5.23. The van der Waals surface area contributed by atoms with Gasteiger partial charge in [0, 0.05) is 27.1 Å². The van der Waals surface area contributed by atoms with Crippen molar-refractivity contribution in [3.05, 3.63) is 24.0 Å². The molecule has 0 aliphatic carbocycles. The number of nitrogens with zero attached hydrogens (tertiary/aromatic N) is 4. The third-order valence-corrected chi connectivity index (χ3v) is 3.67. The van der Waals surface area contributed by atoms with Crippen LogP contribution in [0.15, 0.2) is 18.2 Å². The molecule has 0 saturated heterocycles. The first-order chi connectivity index (χ1) is 11.7. The lowest BCUT2D eigenvalue weighted by Crippen LogP contribution is -2.18. The summed E-state index contributed by atoms with van der Waals surface area (Å²) in [6, 6.07) is 5.59. The topological polar surface area (TPSA) is 81.5 Å². The van der Waals surface area contributed by atoms with Gasteiger partial charge in [-0.25, -0.2) is 0 Å². The highest BCUT2D eigenvalue weighted by molar-refractivity contribution is 5.60. The molecule has 1 heterocycles. The smallest absolute Gasteiger partial charge is 0.229 e. The standard InChI is InChI=1S/C16H23N5O3/c1-17-16-19-18-14(9-6-10-20(2)11-22)21(16)15-12(23-3)7-5-8-13(15)24-4/h5,7-8,11H,6,9-10H2,1-4H3,(H,17,19). The molecule has 1 aromatic heterocycles. The number of aryl methyl sites for hydroxylation is 1. The lowest BCUT2D eigenvalue weighted by molar-refractivity contribution is -0.117. The van der Waals surface area contributed by atoms with Crippen LogP contribution in [0.2, 0.25) is 0 Å². The lowest BCUT2D eigenvalue weighted by atomic mass is 10.2. The number of benzene rings is 1. The van der Waals surface area contributed by atoms with Gasteiger partial charge in [-0.1, -0.05) is 6.07 Å². The van der Waals surface area contributed by atoms with Crippen LogP contribution in [-0.2, 0) is 11.2 Å². The summed E-state index contributed by atoms with van der Waals surface area (Å²) in [5.41, 5.74) is 0.746. The van der Waals surface area contributed by atoms with Gasteiger partial charge < -0.3 is 19.7 Å². The molecule has 1 amide bonds. The lowest BCUT2D eigenvalue weighted by Gasteiger charge is -2.17. The highest BCUT2D eigenvalue weighted by Gasteiger charge is 2.20. The first-order valence-corrected chi connectivity index (χ1v) is 7.65. The molecule has 8 nitrogen and oxygen atoms in total. The molecule has 1 N–H and O–H groups in total. The van der Waals surface area contributed by atoms with Gasteiger partial charge in [0.1, 0.15) is 23.0 Å². The summed E-state index contributed by atoms with van der Waals surface area (Å²) in [5.74, 6) is 2.69. The summed E-state index contributed by atoms with van der Waals surface area (Å²) < 4.78 is 12.9. The zero-order valence-corrected chi connectivity index (χ0v) is 14.4. The van der Waals surface area contributed by atoms with Crippen LogP contribution in [0.25, 0.3) is 5.69 Å². The third-order valence-electron chi connectivity index (χ3n) is 3.67. The summed E-state index contributed by atoms with van der Waals surface area (Å²) in [6.07, 6.45) is 2.25. The largest absolute Gasteiger partial charge is 0.494 e. The summed E-state index contributed by atoms with van der Waals surface area (Å²) in [5, 5.41) is 11.5. The minimum absolute atomic E-state index is 0.594. The fraction of sp³-hybridized carbons (Fsp3) is 0.438. The minimum Gasteiger partial charge on any atom is -0.494 e. The number of rotatable bonds is 9. The molecule has 0 aliphatic heterocycles. The van der Waals surface area contributed by atoms with E-state index in [0.29, 0.717) is 30.4 Å². The van der Waals surface area contributed by atoms with Gasteiger partial charge in [-0.15, -0.1) is 10.2 Å². The van der Waals surface area contributed by atoms with E-state index in [-0.39, 0.29) is 0 Å². The summed E-state index contributed by atoms with van der Waals surface area (Å²) in [4.78, 5) is 12.3. The van der Waals surface area contributed by atoms with Crippen LogP contribution in [-0.4, -0.2) is 60.9 Å². The number of carbonyl (C=O) groups is 1. The van der Waals surface area contributed by atoms with E-state index in [2.05, 4.69) is 15.5 Å². The third kappa shape index (κ3) is 3.58. The van der Waals surface area contributed by atoms with Gasteiger partial charge in [0.15, 0.2) is 0 Å². The van der Waals surface area contributed by atoms with Crippen molar-refractivity contribution in [3.63, 3.8) is 0 Å². The Morgan fingerprint density at radius 1 is 1.25 bits per heavy atom. The number of nitrogens with one attached hydrogen (secondary N) is 1. The predicted molar refractivity (Wildman–Crippen MR) is 91.0 cm³/mol. The average Bonchev–Trinajstić information content (AvgIpc) is 3.03. The number of hydrogen-bond donors (Lipinski definition) is 1. The molecule has 24 heavy (non-hydrogen) atoms. The Morgan fingerprint density at radius 2 is 1.92 bits per heavy atom. The number of amides is 1. The Kier molecular flexibility index (Phi) is 6.00. The number of ether oxygens (including phenoxy) is 2. The van der Waals surface area contributed by atoms with E-state index in [0.717, 1.165) is 24.3 Å². The second-order valence-electron chi connectivity index (χ2n) is 5.23. The predicted octanol–water partition coefficient (Wildman–Crippen LogP) is 1.35. The van der Waals surface area contributed by atoms with E-state index in [1.807, 2.05) is 22.8 Å². The van der Waals surface area contributed by atoms with Crippen LogP contribution >= 0.6 is 0 Å². The second kappa shape index (κ2) is 8.19. The Labute approximate surface area is 141 Å². The van der Waals surface area contributed by atoms with Gasteiger partial charge in [-0.05, 0) is 18.6 Å². The van der Waals surface area contributed by atoms with E-state index in [9.17, 15) is 4.79 Å².